The molecule has 0 bridgehead atoms. The zero-order chi connectivity index (χ0) is 7.98. The molecule has 0 N–H and O–H groups in total. The summed E-state index contributed by atoms with van der Waals surface area (Å²) in [6, 6.07) is 0. The van der Waals surface area contributed by atoms with E-state index in [2.05, 4.69) is 45.6 Å². The van der Waals surface area contributed by atoms with Crippen LogP contribution < -0.4 is 0 Å². The van der Waals surface area contributed by atoms with Gasteiger partial charge in [-0.25, -0.2) is 0 Å². The monoisotopic (exact) mass is 136 g/mol. The topological polar surface area (TPSA) is 0 Å². The zero-order valence-electron chi connectivity index (χ0n) is 7.09. The van der Waals surface area contributed by atoms with Gasteiger partial charge in [-0.15, -0.1) is 6.58 Å². The van der Waals surface area contributed by atoms with Gasteiger partial charge in [-0.05, 0) is 19.8 Å². The van der Waals surface area contributed by atoms with Crippen molar-refractivity contribution in [2.45, 2.75) is 20.8 Å². The SMILES string of the molecule is C=C[C@H](C)C=CC=C(C)C. The Balaban J connectivity index is 3.76. The lowest BCUT2D eigenvalue weighted by Crippen LogP contribution is -1.78. The van der Waals surface area contributed by atoms with Crippen LogP contribution in [-0.4, -0.2) is 0 Å². The molecule has 0 unspecified atom stereocenters. The van der Waals surface area contributed by atoms with Crippen molar-refractivity contribution < 1.29 is 0 Å². The fourth-order valence-electron chi connectivity index (χ4n) is 0.502. The van der Waals surface area contributed by atoms with Gasteiger partial charge in [0.2, 0.25) is 0 Å². The largest absolute Gasteiger partial charge is 0.102 e. The molecule has 0 aliphatic rings. The summed E-state index contributed by atoms with van der Waals surface area (Å²) in [5.41, 5.74) is 1.33. The third kappa shape index (κ3) is 5.36. The minimum absolute atomic E-state index is 0.482. The van der Waals surface area contributed by atoms with Gasteiger partial charge in [0.25, 0.3) is 0 Å². The highest BCUT2D eigenvalue weighted by Gasteiger charge is 1.83. The molecule has 0 saturated heterocycles. The van der Waals surface area contributed by atoms with Crippen LogP contribution in [0.3, 0.4) is 0 Å². The van der Waals surface area contributed by atoms with Gasteiger partial charge in [0.1, 0.15) is 0 Å². The van der Waals surface area contributed by atoms with E-state index in [1.807, 2.05) is 6.08 Å². The van der Waals surface area contributed by atoms with Crippen LogP contribution in [0.4, 0.5) is 0 Å². The molecule has 0 fully saturated rings. The standard InChI is InChI=1S/C10H16/c1-5-10(4)8-6-7-9(2)3/h5-8,10H,1H2,2-4H3/t10-/m0/s1. The third-order valence-electron chi connectivity index (χ3n) is 1.22. The summed E-state index contributed by atoms with van der Waals surface area (Å²) in [6.45, 7) is 9.97. The molecule has 0 radical (unpaired) electrons. The van der Waals surface area contributed by atoms with E-state index in [9.17, 15) is 0 Å². The molecular formula is C10H16. The van der Waals surface area contributed by atoms with Crippen LogP contribution in [0, 0.1) is 5.92 Å². The van der Waals surface area contributed by atoms with E-state index in [1.165, 1.54) is 5.57 Å². The maximum absolute atomic E-state index is 3.69. The summed E-state index contributed by atoms with van der Waals surface area (Å²) in [6.07, 6.45) is 8.22. The molecule has 0 aromatic rings. The van der Waals surface area contributed by atoms with E-state index < -0.39 is 0 Å². The molecule has 0 heteroatoms. The molecule has 10 heavy (non-hydrogen) atoms. The normalized spacial score (nSPS) is 13.1. The predicted molar refractivity (Wildman–Crippen MR) is 47.9 cm³/mol. The highest BCUT2D eigenvalue weighted by atomic mass is 13.9. The van der Waals surface area contributed by atoms with Crippen LogP contribution in [0.5, 0.6) is 0 Å². The summed E-state index contributed by atoms with van der Waals surface area (Å²) in [7, 11) is 0. The average molecular weight is 136 g/mol. The molecule has 0 spiro atoms. The number of hydrogen-bond acceptors (Lipinski definition) is 0. The van der Waals surface area contributed by atoms with Crippen molar-refractivity contribution in [2.75, 3.05) is 0 Å². The summed E-state index contributed by atoms with van der Waals surface area (Å²) in [4.78, 5) is 0. The van der Waals surface area contributed by atoms with Crippen molar-refractivity contribution in [1.29, 1.82) is 0 Å². The maximum atomic E-state index is 3.69. The fourth-order valence-corrected chi connectivity index (χ4v) is 0.502. The Hall–Kier alpha value is -0.780. The first kappa shape index (κ1) is 9.22. The van der Waals surface area contributed by atoms with Crippen molar-refractivity contribution >= 4 is 0 Å². The first-order valence-electron chi connectivity index (χ1n) is 3.61. The smallest absolute Gasteiger partial charge is 0.00814 e. The van der Waals surface area contributed by atoms with E-state index in [4.69, 9.17) is 0 Å². The van der Waals surface area contributed by atoms with E-state index in [0.29, 0.717) is 5.92 Å². The molecule has 0 saturated carbocycles. The van der Waals surface area contributed by atoms with Gasteiger partial charge in [0, 0.05) is 0 Å². The molecule has 0 nitrogen and oxygen atoms in total. The maximum Gasteiger partial charge on any atom is -0.00814 e. The quantitative estimate of drug-likeness (QED) is 0.412. The van der Waals surface area contributed by atoms with Crippen molar-refractivity contribution in [2.24, 2.45) is 5.92 Å². The van der Waals surface area contributed by atoms with Crippen molar-refractivity contribution in [3.63, 3.8) is 0 Å². The lowest BCUT2D eigenvalue weighted by molar-refractivity contribution is 0.944. The van der Waals surface area contributed by atoms with E-state index in [-0.39, 0.29) is 0 Å². The second-order valence-electron chi connectivity index (χ2n) is 2.72. The Morgan fingerprint density at radius 3 is 2.40 bits per heavy atom. The van der Waals surface area contributed by atoms with E-state index >= 15 is 0 Å². The Labute approximate surface area is 64.0 Å². The van der Waals surface area contributed by atoms with Crippen LogP contribution in [0.2, 0.25) is 0 Å². The summed E-state index contributed by atoms with van der Waals surface area (Å²) >= 11 is 0. The molecule has 0 aromatic heterocycles. The fraction of sp³-hybridized carbons (Fsp3) is 0.400. The molecule has 0 aliphatic carbocycles. The van der Waals surface area contributed by atoms with Crippen LogP contribution in [0.25, 0.3) is 0 Å². The lowest BCUT2D eigenvalue weighted by Gasteiger charge is -1.92. The van der Waals surface area contributed by atoms with Crippen LogP contribution >= 0.6 is 0 Å². The number of rotatable bonds is 3. The number of allylic oxidation sites excluding steroid dienone is 5. The molecule has 0 aliphatic heterocycles. The van der Waals surface area contributed by atoms with Gasteiger partial charge >= 0.3 is 0 Å². The average Bonchev–Trinajstić information content (AvgIpc) is 1.87. The Morgan fingerprint density at radius 1 is 1.40 bits per heavy atom. The molecule has 0 heterocycles. The van der Waals surface area contributed by atoms with E-state index in [1.54, 1.807) is 0 Å². The molecule has 0 rings (SSSR count). The van der Waals surface area contributed by atoms with Gasteiger partial charge < -0.3 is 0 Å². The van der Waals surface area contributed by atoms with Crippen molar-refractivity contribution in [3.8, 4) is 0 Å². The number of hydrogen-bond donors (Lipinski definition) is 0. The summed E-state index contributed by atoms with van der Waals surface area (Å²) in [5.74, 6) is 0.482. The van der Waals surface area contributed by atoms with Gasteiger partial charge in [-0.2, -0.15) is 0 Å². The molecule has 0 aromatic carbocycles. The Morgan fingerprint density at radius 2 is 2.00 bits per heavy atom. The minimum atomic E-state index is 0.482. The van der Waals surface area contributed by atoms with Gasteiger partial charge in [-0.3, -0.25) is 0 Å². The highest BCUT2D eigenvalue weighted by molar-refractivity contribution is 5.10. The first-order chi connectivity index (χ1) is 4.66. The van der Waals surface area contributed by atoms with E-state index in [0.717, 1.165) is 0 Å². The zero-order valence-corrected chi connectivity index (χ0v) is 7.09. The van der Waals surface area contributed by atoms with Crippen LogP contribution in [0.15, 0.2) is 36.5 Å². The van der Waals surface area contributed by atoms with Gasteiger partial charge in [0.05, 0.1) is 0 Å². The molecular weight excluding hydrogens is 120 g/mol. The first-order valence-corrected chi connectivity index (χ1v) is 3.61. The molecule has 56 valence electrons. The Kier molecular flexibility index (Phi) is 4.65. The molecule has 0 amide bonds. The Bertz CT molecular complexity index is 145. The summed E-state index contributed by atoms with van der Waals surface area (Å²) in [5, 5.41) is 0. The second kappa shape index (κ2) is 5.04. The molecule has 1 atom stereocenters. The van der Waals surface area contributed by atoms with Gasteiger partial charge in [0.15, 0.2) is 0 Å². The lowest BCUT2D eigenvalue weighted by atomic mass is 10.1. The van der Waals surface area contributed by atoms with Gasteiger partial charge in [-0.1, -0.05) is 36.8 Å². The predicted octanol–water partition coefficient (Wildman–Crippen LogP) is 3.33. The van der Waals surface area contributed by atoms with Crippen molar-refractivity contribution in [1.82, 2.24) is 0 Å². The van der Waals surface area contributed by atoms with Crippen LogP contribution in [0.1, 0.15) is 20.8 Å². The summed E-state index contributed by atoms with van der Waals surface area (Å²) < 4.78 is 0. The highest BCUT2D eigenvalue weighted by Crippen LogP contribution is 1.98. The third-order valence-corrected chi connectivity index (χ3v) is 1.22. The minimum Gasteiger partial charge on any atom is -0.102 e. The second-order valence-corrected chi connectivity index (χ2v) is 2.72. The van der Waals surface area contributed by atoms with Crippen LogP contribution in [-0.2, 0) is 0 Å². The van der Waals surface area contributed by atoms with Crippen molar-refractivity contribution in [3.05, 3.63) is 36.5 Å².